The molecule has 8 heteroatoms. The maximum atomic E-state index is 12.1. The Labute approximate surface area is 200 Å². The summed E-state index contributed by atoms with van der Waals surface area (Å²) in [5.74, 6) is 0.189. The number of carbonyl (C=O) groups is 1. The number of halogens is 3. The molecule has 0 spiro atoms. The first kappa shape index (κ1) is 21.8. The van der Waals surface area contributed by atoms with Gasteiger partial charge in [0.15, 0.2) is 0 Å². The van der Waals surface area contributed by atoms with E-state index in [9.17, 15) is 9.90 Å². The van der Waals surface area contributed by atoms with Gasteiger partial charge in [0, 0.05) is 10.6 Å². The van der Waals surface area contributed by atoms with Crippen LogP contribution in [-0.2, 0) is 6.61 Å². The molecule has 0 aliphatic rings. The largest absolute Gasteiger partial charge is 0.507 e. The highest BCUT2D eigenvalue weighted by molar-refractivity contribution is 14.1. The van der Waals surface area contributed by atoms with Crippen molar-refractivity contribution in [1.82, 2.24) is 5.43 Å². The number of hydrogen-bond donors (Lipinski definition) is 2. The zero-order chi connectivity index (χ0) is 20.8. The molecule has 0 aliphatic carbocycles. The number of nitrogens with one attached hydrogen (secondary N) is 1. The second kappa shape index (κ2) is 10.3. The molecule has 3 aromatic carbocycles. The van der Waals surface area contributed by atoms with Gasteiger partial charge in [-0.05, 0) is 81.1 Å². The van der Waals surface area contributed by atoms with Crippen molar-refractivity contribution in [3.63, 3.8) is 0 Å². The van der Waals surface area contributed by atoms with Crippen LogP contribution in [0.1, 0.15) is 21.5 Å². The van der Waals surface area contributed by atoms with Crippen LogP contribution in [-0.4, -0.2) is 17.2 Å². The maximum absolute atomic E-state index is 12.1. The third kappa shape index (κ3) is 5.83. The van der Waals surface area contributed by atoms with Gasteiger partial charge in [0.1, 0.15) is 18.1 Å². The average molecular weight is 633 g/mol. The molecule has 29 heavy (non-hydrogen) atoms. The van der Waals surface area contributed by atoms with E-state index in [2.05, 4.69) is 55.7 Å². The van der Waals surface area contributed by atoms with Gasteiger partial charge in [0.25, 0.3) is 5.91 Å². The fraction of sp³-hybridized carbons (Fsp3) is 0.0476. The molecule has 5 nitrogen and oxygen atoms in total. The number of hydrogen-bond acceptors (Lipinski definition) is 4. The van der Waals surface area contributed by atoms with Gasteiger partial charge in [-0.1, -0.05) is 41.9 Å². The number of rotatable bonds is 6. The van der Waals surface area contributed by atoms with E-state index in [1.807, 2.05) is 36.4 Å². The number of benzene rings is 3. The number of phenols is 1. The summed E-state index contributed by atoms with van der Waals surface area (Å²) in [4.78, 5) is 12.1. The lowest BCUT2D eigenvalue weighted by atomic mass is 10.2. The van der Waals surface area contributed by atoms with Gasteiger partial charge in [-0.15, -0.1) is 0 Å². The summed E-state index contributed by atoms with van der Waals surface area (Å²) in [5.41, 5.74) is 4.30. The van der Waals surface area contributed by atoms with E-state index in [1.54, 1.807) is 18.3 Å². The number of para-hydroxylation sites is 1. The molecular formula is C21H15ClI2N2O3. The van der Waals surface area contributed by atoms with E-state index in [0.29, 0.717) is 11.6 Å². The van der Waals surface area contributed by atoms with Crippen LogP contribution < -0.4 is 10.2 Å². The smallest absolute Gasteiger partial charge is 0.275 e. The van der Waals surface area contributed by atoms with Crippen LogP contribution in [0.4, 0.5) is 0 Å². The van der Waals surface area contributed by atoms with E-state index in [-0.39, 0.29) is 11.3 Å². The molecule has 148 valence electrons. The van der Waals surface area contributed by atoms with Crippen LogP contribution in [0.15, 0.2) is 65.8 Å². The van der Waals surface area contributed by atoms with Gasteiger partial charge in [-0.25, -0.2) is 5.43 Å². The molecule has 3 aromatic rings. The van der Waals surface area contributed by atoms with Crippen molar-refractivity contribution in [1.29, 1.82) is 0 Å². The van der Waals surface area contributed by atoms with Crippen molar-refractivity contribution in [2.75, 3.05) is 0 Å². The van der Waals surface area contributed by atoms with Gasteiger partial charge < -0.3 is 9.84 Å². The second-order valence-corrected chi connectivity index (χ2v) is 8.64. The van der Waals surface area contributed by atoms with Crippen molar-refractivity contribution >= 4 is 68.9 Å². The minimum atomic E-state index is -0.483. The molecule has 0 aliphatic heterocycles. The van der Waals surface area contributed by atoms with Crippen molar-refractivity contribution in [2.45, 2.75) is 6.61 Å². The van der Waals surface area contributed by atoms with Gasteiger partial charge >= 0.3 is 0 Å². The second-order valence-electron chi connectivity index (χ2n) is 5.91. The minimum Gasteiger partial charge on any atom is -0.507 e. The predicted octanol–water partition coefficient (Wildman–Crippen LogP) is 5.60. The molecule has 0 heterocycles. The predicted molar refractivity (Wildman–Crippen MR) is 131 cm³/mol. The van der Waals surface area contributed by atoms with E-state index in [0.717, 1.165) is 24.0 Å². The molecule has 0 fully saturated rings. The molecule has 0 bridgehead atoms. The first-order valence-electron chi connectivity index (χ1n) is 8.42. The summed E-state index contributed by atoms with van der Waals surface area (Å²) in [6.07, 6.45) is 1.54. The highest BCUT2D eigenvalue weighted by Crippen LogP contribution is 2.30. The Morgan fingerprint density at radius 2 is 1.76 bits per heavy atom. The van der Waals surface area contributed by atoms with Crippen LogP contribution in [0.5, 0.6) is 11.5 Å². The molecule has 0 unspecified atom stereocenters. The van der Waals surface area contributed by atoms with E-state index < -0.39 is 5.91 Å². The Morgan fingerprint density at radius 1 is 1.10 bits per heavy atom. The average Bonchev–Trinajstić information content (AvgIpc) is 2.69. The minimum absolute atomic E-state index is 0.0932. The molecule has 0 saturated heterocycles. The molecule has 3 rings (SSSR count). The fourth-order valence-electron chi connectivity index (χ4n) is 2.45. The van der Waals surface area contributed by atoms with Crippen molar-refractivity contribution < 1.29 is 14.6 Å². The first-order chi connectivity index (χ1) is 14.0. The lowest BCUT2D eigenvalue weighted by molar-refractivity contribution is 0.0952. The standard InChI is InChI=1S/C21H15ClI2N2O3/c22-16-7-3-1-5-14(16)12-29-20-17(23)9-13(10-18(20)24)11-25-26-21(28)15-6-2-4-8-19(15)27/h1-11,27H,12H2,(H,26,28)/b25-11+. The highest BCUT2D eigenvalue weighted by atomic mass is 127. The van der Waals surface area contributed by atoms with Crippen molar-refractivity contribution in [3.8, 4) is 11.5 Å². The topological polar surface area (TPSA) is 70.9 Å². The van der Waals surface area contributed by atoms with Gasteiger partial charge in [0.05, 0.1) is 18.9 Å². The van der Waals surface area contributed by atoms with Crippen LogP contribution in [0, 0.1) is 7.14 Å². The van der Waals surface area contributed by atoms with Gasteiger partial charge in [-0.3, -0.25) is 4.79 Å². The number of hydrazone groups is 1. The van der Waals surface area contributed by atoms with E-state index in [4.69, 9.17) is 16.3 Å². The third-order valence-electron chi connectivity index (χ3n) is 3.88. The summed E-state index contributed by atoms with van der Waals surface area (Å²) in [7, 11) is 0. The zero-order valence-electron chi connectivity index (χ0n) is 14.9. The molecular weight excluding hydrogens is 618 g/mol. The highest BCUT2D eigenvalue weighted by Gasteiger charge is 2.11. The lowest BCUT2D eigenvalue weighted by Crippen LogP contribution is -2.17. The van der Waals surface area contributed by atoms with Gasteiger partial charge in [0.2, 0.25) is 0 Å². The van der Waals surface area contributed by atoms with E-state index in [1.165, 1.54) is 12.1 Å². The number of aromatic hydroxyl groups is 1. The summed E-state index contributed by atoms with van der Waals surface area (Å²) in [6.45, 7) is 0.371. The Morgan fingerprint density at radius 3 is 2.45 bits per heavy atom. The SMILES string of the molecule is O=C(N/N=C/c1cc(I)c(OCc2ccccc2Cl)c(I)c1)c1ccccc1O. The summed E-state index contributed by atoms with van der Waals surface area (Å²) < 4.78 is 7.79. The molecule has 1 amide bonds. The van der Waals surface area contributed by atoms with Crippen molar-refractivity contribution in [2.24, 2.45) is 5.10 Å². The zero-order valence-corrected chi connectivity index (χ0v) is 20.0. The number of nitrogens with zero attached hydrogens (tertiary/aromatic N) is 1. The Hall–Kier alpha value is -1.85. The Bertz CT molecular complexity index is 1050. The van der Waals surface area contributed by atoms with Crippen LogP contribution >= 0.6 is 56.8 Å². The molecule has 0 saturated carbocycles. The number of amides is 1. The van der Waals surface area contributed by atoms with Crippen molar-refractivity contribution in [3.05, 3.63) is 89.5 Å². The first-order valence-corrected chi connectivity index (χ1v) is 11.0. The summed E-state index contributed by atoms with van der Waals surface area (Å²) in [5, 5.41) is 14.4. The quantitative estimate of drug-likeness (QED) is 0.211. The van der Waals surface area contributed by atoms with E-state index >= 15 is 0 Å². The number of carbonyl (C=O) groups excluding carboxylic acids is 1. The number of phenolic OH excluding ortho intramolecular Hbond substituents is 1. The lowest BCUT2D eigenvalue weighted by Gasteiger charge is -2.12. The molecule has 2 N–H and O–H groups in total. The monoisotopic (exact) mass is 632 g/mol. The fourth-order valence-corrected chi connectivity index (χ4v) is 4.77. The van der Waals surface area contributed by atoms with Crippen LogP contribution in [0.3, 0.4) is 0 Å². The Kier molecular flexibility index (Phi) is 7.73. The molecule has 0 aromatic heterocycles. The third-order valence-corrected chi connectivity index (χ3v) is 5.85. The Balaban J connectivity index is 1.67. The summed E-state index contributed by atoms with van der Waals surface area (Å²) >= 11 is 10.6. The maximum Gasteiger partial charge on any atom is 0.275 e. The molecule has 0 radical (unpaired) electrons. The van der Waals surface area contributed by atoms with Crippen LogP contribution in [0.25, 0.3) is 0 Å². The van der Waals surface area contributed by atoms with Gasteiger partial charge in [-0.2, -0.15) is 5.10 Å². The van der Waals surface area contributed by atoms with Crippen LogP contribution in [0.2, 0.25) is 5.02 Å². The molecule has 0 atom stereocenters. The summed E-state index contributed by atoms with van der Waals surface area (Å²) in [6, 6.07) is 17.7. The normalized spacial score (nSPS) is 10.9. The number of ether oxygens (including phenoxy) is 1.